The number of rotatable bonds is 7. The first kappa shape index (κ1) is 15.4. The molecule has 0 aliphatic carbocycles. The highest BCUT2D eigenvalue weighted by Crippen LogP contribution is 2.25. The van der Waals surface area contributed by atoms with Crippen LogP contribution in [0.2, 0.25) is 0 Å². The van der Waals surface area contributed by atoms with Crippen molar-refractivity contribution in [3.05, 3.63) is 53.6 Å². The lowest BCUT2D eigenvalue weighted by molar-refractivity contribution is -0.0761. The summed E-state index contributed by atoms with van der Waals surface area (Å²) in [5.74, 6) is 1.66. The minimum Gasteiger partial charge on any atom is -0.460 e. The number of nitrogens with one attached hydrogen (secondary N) is 1. The molecule has 1 saturated heterocycles. The highest BCUT2D eigenvalue weighted by atomic mass is 16.5. The van der Waals surface area contributed by atoms with E-state index in [4.69, 9.17) is 18.4 Å². The lowest BCUT2D eigenvalue weighted by atomic mass is 9.91. The molecule has 2 aromatic heterocycles. The third-order valence-corrected chi connectivity index (χ3v) is 4.28. The maximum absolute atomic E-state index is 5.86. The van der Waals surface area contributed by atoms with Crippen LogP contribution in [0.25, 0.3) is 11.0 Å². The molecule has 3 aromatic rings. The fourth-order valence-electron chi connectivity index (χ4n) is 3.01. The summed E-state index contributed by atoms with van der Waals surface area (Å²) < 4.78 is 21.6. The Balaban J connectivity index is 1.42. The van der Waals surface area contributed by atoms with Crippen molar-refractivity contribution < 1.29 is 18.4 Å². The molecule has 6 nitrogen and oxygen atoms in total. The zero-order valence-electron chi connectivity index (χ0n) is 13.6. The van der Waals surface area contributed by atoms with E-state index in [1.807, 2.05) is 24.3 Å². The third kappa shape index (κ3) is 3.08. The van der Waals surface area contributed by atoms with E-state index in [2.05, 4.69) is 22.6 Å². The van der Waals surface area contributed by atoms with E-state index in [-0.39, 0.29) is 5.54 Å². The fourth-order valence-corrected chi connectivity index (χ4v) is 3.01. The van der Waals surface area contributed by atoms with E-state index in [0.29, 0.717) is 26.4 Å². The van der Waals surface area contributed by atoms with Crippen molar-refractivity contribution in [1.82, 2.24) is 10.5 Å². The van der Waals surface area contributed by atoms with E-state index in [9.17, 15) is 0 Å². The molecule has 0 saturated carbocycles. The van der Waals surface area contributed by atoms with Crippen LogP contribution in [-0.2, 0) is 29.0 Å². The second-order valence-corrected chi connectivity index (χ2v) is 6.27. The molecule has 6 heteroatoms. The zero-order chi connectivity index (χ0) is 16.4. The topological polar surface area (TPSA) is 69.7 Å². The average Bonchev–Trinajstić information content (AvgIpc) is 3.16. The van der Waals surface area contributed by atoms with Gasteiger partial charge >= 0.3 is 0 Å². The summed E-state index contributed by atoms with van der Waals surface area (Å²) >= 11 is 0. The summed E-state index contributed by atoms with van der Waals surface area (Å²) in [6.45, 7) is 2.39. The molecule has 24 heavy (non-hydrogen) atoms. The van der Waals surface area contributed by atoms with E-state index in [0.717, 1.165) is 34.6 Å². The second-order valence-electron chi connectivity index (χ2n) is 6.27. The Labute approximate surface area is 139 Å². The fraction of sp³-hybridized carbons (Fsp3) is 0.389. The van der Waals surface area contributed by atoms with Gasteiger partial charge in [-0.1, -0.05) is 23.4 Å². The Kier molecular flexibility index (Phi) is 4.10. The Hall–Kier alpha value is -2.15. The van der Waals surface area contributed by atoms with E-state index >= 15 is 0 Å². The number of nitrogens with zero attached hydrogens (tertiary/aromatic N) is 1. The first-order chi connectivity index (χ1) is 11.8. The SMILES string of the molecule is COCc1cc(CC2(NCc3cc4ccccc4o3)COC2)no1. The van der Waals surface area contributed by atoms with Gasteiger partial charge in [0.15, 0.2) is 5.76 Å². The summed E-state index contributed by atoms with van der Waals surface area (Å²) in [6, 6.07) is 12.0. The summed E-state index contributed by atoms with van der Waals surface area (Å²) in [6.07, 6.45) is 0.750. The van der Waals surface area contributed by atoms with Gasteiger partial charge in [0.05, 0.1) is 31.0 Å². The van der Waals surface area contributed by atoms with Crippen LogP contribution in [0.5, 0.6) is 0 Å². The largest absolute Gasteiger partial charge is 0.460 e. The number of furan rings is 1. The molecule has 4 rings (SSSR count). The van der Waals surface area contributed by atoms with E-state index in [1.165, 1.54) is 0 Å². The molecule has 3 heterocycles. The van der Waals surface area contributed by atoms with Gasteiger partial charge in [-0.2, -0.15) is 0 Å². The molecule has 0 amide bonds. The average molecular weight is 328 g/mol. The monoisotopic (exact) mass is 328 g/mol. The molecule has 0 spiro atoms. The van der Waals surface area contributed by atoms with Gasteiger partial charge < -0.3 is 18.4 Å². The number of hydrogen-bond donors (Lipinski definition) is 1. The molecule has 1 aliphatic rings. The standard InChI is InChI=1S/C18H20N2O4/c1-21-10-16-7-14(20-24-16)8-18(11-22-12-18)19-9-15-6-13-4-2-3-5-17(13)23-15/h2-7,19H,8-12H2,1H3. The number of para-hydroxylation sites is 1. The number of hydrogen-bond acceptors (Lipinski definition) is 6. The highest BCUT2D eigenvalue weighted by Gasteiger charge is 2.39. The smallest absolute Gasteiger partial charge is 0.162 e. The van der Waals surface area contributed by atoms with Gasteiger partial charge in [-0.3, -0.25) is 5.32 Å². The molecule has 1 aromatic carbocycles. The minimum absolute atomic E-state index is 0.125. The van der Waals surface area contributed by atoms with Gasteiger partial charge in [-0.25, -0.2) is 0 Å². The quantitative estimate of drug-likeness (QED) is 0.719. The van der Waals surface area contributed by atoms with Crippen molar-refractivity contribution in [3.8, 4) is 0 Å². The lowest BCUT2D eigenvalue weighted by Crippen LogP contribution is -2.61. The molecule has 126 valence electrons. The van der Waals surface area contributed by atoms with Crippen molar-refractivity contribution in [2.24, 2.45) is 0 Å². The molecule has 0 bridgehead atoms. The summed E-state index contributed by atoms with van der Waals surface area (Å²) in [5, 5.41) is 8.80. The predicted octanol–water partition coefficient (Wildman–Crippen LogP) is 2.67. The van der Waals surface area contributed by atoms with Crippen LogP contribution in [0.3, 0.4) is 0 Å². The Morgan fingerprint density at radius 1 is 1.21 bits per heavy atom. The molecular formula is C18H20N2O4. The number of methoxy groups -OCH3 is 1. The van der Waals surface area contributed by atoms with Crippen molar-refractivity contribution >= 4 is 11.0 Å². The normalized spacial score (nSPS) is 16.4. The first-order valence-electron chi connectivity index (χ1n) is 8.00. The maximum Gasteiger partial charge on any atom is 0.162 e. The summed E-state index contributed by atoms with van der Waals surface area (Å²) in [4.78, 5) is 0. The molecule has 0 atom stereocenters. The molecule has 1 fully saturated rings. The first-order valence-corrected chi connectivity index (χ1v) is 8.00. The molecule has 0 unspecified atom stereocenters. The number of benzene rings is 1. The van der Waals surface area contributed by atoms with Crippen molar-refractivity contribution in [1.29, 1.82) is 0 Å². The molecular weight excluding hydrogens is 308 g/mol. The van der Waals surface area contributed by atoms with E-state index < -0.39 is 0 Å². The second kappa shape index (κ2) is 6.39. The van der Waals surface area contributed by atoms with Gasteiger partial charge in [0, 0.05) is 25.0 Å². The summed E-state index contributed by atoms with van der Waals surface area (Å²) in [7, 11) is 1.64. The van der Waals surface area contributed by atoms with Gasteiger partial charge in [-0.05, 0) is 12.1 Å². The Morgan fingerprint density at radius 2 is 2.08 bits per heavy atom. The van der Waals surface area contributed by atoms with Crippen LogP contribution < -0.4 is 5.32 Å². The Bertz CT molecular complexity index is 786. The highest BCUT2D eigenvalue weighted by molar-refractivity contribution is 5.77. The van der Waals surface area contributed by atoms with Crippen LogP contribution in [-0.4, -0.2) is 31.0 Å². The molecule has 0 radical (unpaired) electrons. The predicted molar refractivity (Wildman–Crippen MR) is 87.5 cm³/mol. The summed E-state index contributed by atoms with van der Waals surface area (Å²) in [5.41, 5.74) is 1.69. The molecule has 1 aliphatic heterocycles. The van der Waals surface area contributed by atoms with Crippen LogP contribution in [0.1, 0.15) is 17.2 Å². The van der Waals surface area contributed by atoms with Gasteiger partial charge in [0.2, 0.25) is 0 Å². The Morgan fingerprint density at radius 3 is 2.83 bits per heavy atom. The maximum atomic E-state index is 5.86. The van der Waals surface area contributed by atoms with Crippen molar-refractivity contribution in [2.45, 2.75) is 25.1 Å². The lowest BCUT2D eigenvalue weighted by Gasteiger charge is -2.41. The number of aromatic nitrogens is 1. The van der Waals surface area contributed by atoms with Gasteiger partial charge in [-0.15, -0.1) is 0 Å². The number of ether oxygens (including phenoxy) is 2. The number of fused-ring (bicyclic) bond motifs is 1. The van der Waals surface area contributed by atoms with E-state index in [1.54, 1.807) is 7.11 Å². The van der Waals surface area contributed by atoms with Crippen LogP contribution in [0, 0.1) is 0 Å². The van der Waals surface area contributed by atoms with Crippen LogP contribution >= 0.6 is 0 Å². The zero-order valence-corrected chi connectivity index (χ0v) is 13.6. The van der Waals surface area contributed by atoms with Gasteiger partial charge in [0.1, 0.15) is 18.0 Å². The van der Waals surface area contributed by atoms with Crippen molar-refractivity contribution in [2.75, 3.05) is 20.3 Å². The van der Waals surface area contributed by atoms with Crippen molar-refractivity contribution in [3.63, 3.8) is 0 Å². The van der Waals surface area contributed by atoms with Crippen LogP contribution in [0.15, 0.2) is 45.3 Å². The third-order valence-electron chi connectivity index (χ3n) is 4.28. The molecule has 1 N–H and O–H groups in total. The van der Waals surface area contributed by atoms with Gasteiger partial charge in [0.25, 0.3) is 0 Å². The van der Waals surface area contributed by atoms with Crippen LogP contribution in [0.4, 0.5) is 0 Å². The minimum atomic E-state index is -0.125.